The molecule has 0 amide bonds. The normalized spacial score (nSPS) is 37.1. The molecule has 4 aromatic rings. The number of nitrogens with zero attached hydrogens (tertiary/aromatic N) is 6. The Kier molecular flexibility index (Phi) is 7.85. The molecule has 2 unspecified atom stereocenters. The molecule has 46 heavy (non-hydrogen) atoms. The topological polar surface area (TPSA) is 309 Å². The van der Waals surface area contributed by atoms with Crippen LogP contribution < -0.4 is 22.6 Å². The monoisotopic (exact) mass is 722 g/mol. The molecular formula is C20H24N10O12P2S2. The van der Waals surface area contributed by atoms with Crippen LogP contribution in [0.5, 0.6) is 0 Å². The second-order valence-corrected chi connectivity index (χ2v) is 16.1. The van der Waals surface area contributed by atoms with E-state index in [0.29, 0.717) is 0 Å². The lowest BCUT2D eigenvalue weighted by Crippen LogP contribution is -2.38. The highest BCUT2D eigenvalue weighted by Crippen LogP contribution is 2.60. The van der Waals surface area contributed by atoms with Crippen LogP contribution in [-0.4, -0.2) is 99.1 Å². The number of aromatic amines is 2. The predicted octanol–water partition coefficient (Wildman–Crippen LogP) is -1.17. The van der Waals surface area contributed by atoms with Crippen molar-refractivity contribution in [1.29, 1.82) is 0 Å². The molecule has 4 aromatic heterocycles. The zero-order valence-corrected chi connectivity index (χ0v) is 26.4. The maximum absolute atomic E-state index is 13.4. The van der Waals surface area contributed by atoms with Crippen LogP contribution >= 0.6 is 38.1 Å². The molecule has 7 heterocycles. The summed E-state index contributed by atoms with van der Waals surface area (Å²) in [6.07, 6.45) is -9.18. The molecule has 248 valence electrons. The van der Waals surface area contributed by atoms with E-state index in [1.165, 1.54) is 9.13 Å². The molecule has 0 aromatic carbocycles. The Bertz CT molecular complexity index is 1910. The number of imidazole rings is 2. The van der Waals surface area contributed by atoms with Gasteiger partial charge in [0.1, 0.15) is 36.6 Å². The molecule has 8 N–H and O–H groups in total. The fourth-order valence-corrected chi connectivity index (χ4v) is 8.37. The number of thiol groups is 2. The van der Waals surface area contributed by atoms with Gasteiger partial charge in [0.05, 0.1) is 25.9 Å². The van der Waals surface area contributed by atoms with Crippen LogP contribution in [0, 0.1) is 0 Å². The average molecular weight is 723 g/mol. The molecule has 22 nitrogen and oxygen atoms in total. The van der Waals surface area contributed by atoms with Gasteiger partial charge in [-0.3, -0.25) is 46.8 Å². The summed E-state index contributed by atoms with van der Waals surface area (Å²) < 4.78 is 63.2. The smallest absolute Gasteiger partial charge is 0.386 e. The molecule has 26 heteroatoms. The van der Waals surface area contributed by atoms with Gasteiger partial charge >= 0.3 is 13.6 Å². The minimum absolute atomic E-state index is 0.0429. The van der Waals surface area contributed by atoms with E-state index >= 15 is 0 Å². The van der Waals surface area contributed by atoms with Crippen LogP contribution in [0.25, 0.3) is 22.3 Å². The second kappa shape index (κ2) is 11.4. The maximum atomic E-state index is 13.4. The number of rotatable bonds is 2. The SMILES string of the molecule is Nc1nc2c(ncn2[C@@H]2O[C@@H]3CO[P@](=O)(S)OC4[C@@H](CO[P@](=O)(S)OC3[C@@H]2O)O[C@@H](n2cnc3c(=O)[nH]c(N)nc32)[C@H]4O)c(=O)[nH]1. The van der Waals surface area contributed by atoms with Gasteiger partial charge in [0.25, 0.3) is 11.1 Å². The Hall–Kier alpha value is -2.86. The number of ether oxygens (including phenoxy) is 2. The van der Waals surface area contributed by atoms with Crippen molar-refractivity contribution in [2.45, 2.75) is 49.1 Å². The standard InChI is InChI=1S/C20H24N10O12P2S2/c21-19-25-13-7(15(33)27-19)23-3-29(13)17-9(31)11-5(39-17)1-37-43(35,45)42-12-6(2-38-44(36,46)41-11)40-18(10(12)32)30-4-24-8-14(30)26-20(22)28-16(8)34/h3-6,9-12,17-18,31-32H,1-2H2,(H,35,45)(H,36,46)(H3,21,25,27,33)(H3,22,26,28,34)/t5-,6-,9+,10+,11?,12?,17-,18-,43+,44+/m1/s1. The van der Waals surface area contributed by atoms with Gasteiger partial charge in [-0.1, -0.05) is 24.5 Å². The number of aromatic nitrogens is 8. The average Bonchev–Trinajstić information content (AvgIpc) is 3.72. The van der Waals surface area contributed by atoms with Gasteiger partial charge in [-0.05, 0) is 0 Å². The summed E-state index contributed by atoms with van der Waals surface area (Å²) >= 11 is 8.07. The van der Waals surface area contributed by atoms with Crippen LogP contribution in [0.1, 0.15) is 12.5 Å². The molecule has 0 saturated carbocycles. The van der Waals surface area contributed by atoms with Crippen molar-refractivity contribution >= 4 is 72.3 Å². The third-order valence-electron chi connectivity index (χ3n) is 7.38. The zero-order chi connectivity index (χ0) is 32.7. The minimum atomic E-state index is -4.36. The first-order valence-electron chi connectivity index (χ1n) is 13.1. The van der Waals surface area contributed by atoms with E-state index in [0.717, 1.165) is 12.7 Å². The van der Waals surface area contributed by atoms with Crippen molar-refractivity contribution in [3.63, 3.8) is 0 Å². The number of nitrogens with one attached hydrogen (secondary N) is 2. The van der Waals surface area contributed by atoms with E-state index in [1.54, 1.807) is 0 Å². The molecular weight excluding hydrogens is 698 g/mol. The van der Waals surface area contributed by atoms with Gasteiger partial charge < -0.3 is 31.2 Å². The fourth-order valence-electron chi connectivity index (χ4n) is 5.39. The highest BCUT2D eigenvalue weighted by atomic mass is 32.7. The second-order valence-electron chi connectivity index (χ2n) is 10.3. The molecule has 3 aliphatic heterocycles. The number of fused-ring (bicyclic) bond motifs is 4. The highest BCUT2D eigenvalue weighted by Gasteiger charge is 2.53. The molecule has 0 bridgehead atoms. The first-order chi connectivity index (χ1) is 21.7. The van der Waals surface area contributed by atoms with Crippen molar-refractivity contribution in [3.05, 3.63) is 33.4 Å². The first-order valence-corrected chi connectivity index (χ1v) is 18.5. The van der Waals surface area contributed by atoms with Gasteiger partial charge in [0.15, 0.2) is 34.8 Å². The van der Waals surface area contributed by atoms with E-state index in [1.807, 2.05) is 0 Å². The Labute approximate surface area is 265 Å². The Balaban J connectivity index is 1.18. The summed E-state index contributed by atoms with van der Waals surface area (Å²) in [5.74, 6) is -0.460. The maximum Gasteiger partial charge on any atom is 0.386 e. The minimum Gasteiger partial charge on any atom is -0.386 e. The van der Waals surface area contributed by atoms with Gasteiger partial charge in [-0.25, -0.2) is 19.1 Å². The summed E-state index contributed by atoms with van der Waals surface area (Å²) in [6.45, 7) is -9.96. The molecule has 7 rings (SSSR count). The van der Waals surface area contributed by atoms with Gasteiger partial charge in [-0.2, -0.15) is 9.97 Å². The zero-order valence-electron chi connectivity index (χ0n) is 22.8. The van der Waals surface area contributed by atoms with Crippen LogP contribution in [0.15, 0.2) is 22.2 Å². The summed E-state index contributed by atoms with van der Waals surface area (Å²) in [6, 6.07) is 0. The lowest BCUT2D eigenvalue weighted by atomic mass is 10.1. The quantitative estimate of drug-likeness (QED) is 0.0892. The largest absolute Gasteiger partial charge is 0.386 e. The third-order valence-corrected chi connectivity index (χ3v) is 10.6. The Morgan fingerprint density at radius 3 is 1.57 bits per heavy atom. The number of nitrogens with two attached hydrogens (primary N) is 2. The van der Waals surface area contributed by atoms with Crippen molar-refractivity contribution < 1.29 is 46.9 Å². The van der Waals surface area contributed by atoms with Crippen LogP contribution in [0.2, 0.25) is 0 Å². The van der Waals surface area contributed by atoms with Crippen molar-refractivity contribution in [1.82, 2.24) is 39.0 Å². The molecule has 0 radical (unpaired) electrons. The molecule has 3 fully saturated rings. The molecule has 3 aliphatic rings. The molecule has 0 spiro atoms. The van der Waals surface area contributed by atoms with Crippen molar-refractivity contribution in [2.75, 3.05) is 24.7 Å². The first kappa shape index (κ1) is 31.7. The summed E-state index contributed by atoms with van der Waals surface area (Å²) in [7, 11) is 0. The van der Waals surface area contributed by atoms with Crippen LogP contribution in [0.4, 0.5) is 11.9 Å². The van der Waals surface area contributed by atoms with Crippen LogP contribution in [0.3, 0.4) is 0 Å². The summed E-state index contributed by atoms with van der Waals surface area (Å²) in [5, 5.41) is 22.5. The summed E-state index contributed by atoms with van der Waals surface area (Å²) in [5.41, 5.74) is 9.74. The number of anilines is 2. The number of hydrogen-bond donors (Lipinski definition) is 8. The summed E-state index contributed by atoms with van der Waals surface area (Å²) in [4.78, 5) is 45.2. The van der Waals surface area contributed by atoms with Crippen molar-refractivity contribution in [3.8, 4) is 0 Å². The van der Waals surface area contributed by atoms with E-state index in [9.17, 15) is 28.9 Å². The van der Waals surface area contributed by atoms with Gasteiger partial charge in [0.2, 0.25) is 11.9 Å². The van der Waals surface area contributed by atoms with E-state index in [2.05, 4.69) is 54.4 Å². The number of hydrogen-bond acceptors (Lipinski definition) is 18. The fraction of sp³-hybridized carbons (Fsp3) is 0.500. The van der Waals surface area contributed by atoms with Crippen LogP contribution in [-0.2, 0) is 36.7 Å². The van der Waals surface area contributed by atoms with Gasteiger partial charge in [0, 0.05) is 0 Å². The molecule has 10 atom stereocenters. The van der Waals surface area contributed by atoms with Crippen molar-refractivity contribution in [2.24, 2.45) is 0 Å². The molecule has 0 aliphatic carbocycles. The number of aliphatic hydroxyl groups excluding tert-OH is 2. The number of H-pyrrole nitrogens is 2. The third kappa shape index (κ3) is 5.56. The van der Waals surface area contributed by atoms with E-state index in [-0.39, 0.29) is 34.2 Å². The Morgan fingerprint density at radius 1 is 0.783 bits per heavy atom. The molecule has 3 saturated heterocycles. The lowest BCUT2D eigenvalue weighted by Gasteiger charge is -2.28. The highest BCUT2D eigenvalue weighted by molar-refractivity contribution is 8.44. The van der Waals surface area contributed by atoms with E-state index < -0.39 is 87.0 Å². The van der Waals surface area contributed by atoms with E-state index in [4.69, 9.17) is 39.0 Å². The number of nitrogen functional groups attached to an aromatic ring is 2. The number of aliphatic hydroxyl groups is 2. The predicted molar refractivity (Wildman–Crippen MR) is 160 cm³/mol. The Morgan fingerprint density at radius 2 is 1.17 bits per heavy atom. The van der Waals surface area contributed by atoms with Gasteiger partial charge in [-0.15, -0.1) is 0 Å². The lowest BCUT2D eigenvalue weighted by molar-refractivity contribution is -0.0561.